The summed E-state index contributed by atoms with van der Waals surface area (Å²) in [4.78, 5) is 0. The summed E-state index contributed by atoms with van der Waals surface area (Å²) in [5.41, 5.74) is 0.731. The highest BCUT2D eigenvalue weighted by atomic mass is 16.3. The van der Waals surface area contributed by atoms with Gasteiger partial charge in [0, 0.05) is 0 Å². The van der Waals surface area contributed by atoms with Crippen molar-refractivity contribution < 1.29 is 15.3 Å². The Hall–Kier alpha value is -0.120. The van der Waals surface area contributed by atoms with Crippen molar-refractivity contribution in [3.8, 4) is 0 Å². The zero-order valence-corrected chi connectivity index (χ0v) is 21.1. The first kappa shape index (κ1) is 24.0. The highest BCUT2D eigenvalue weighted by Gasteiger charge is 2.61. The molecule has 180 valence electrons. The molecule has 0 heterocycles. The molecule has 0 amide bonds. The highest BCUT2D eigenvalue weighted by Crippen LogP contribution is 2.68. The van der Waals surface area contributed by atoms with E-state index in [4.69, 9.17) is 0 Å². The summed E-state index contributed by atoms with van der Waals surface area (Å²) in [7, 11) is 0. The van der Waals surface area contributed by atoms with Crippen LogP contribution in [0.1, 0.15) is 99.3 Å². The Balaban J connectivity index is 1.51. The third kappa shape index (κ3) is 3.83. The standard InChI is InChI=1S/C28H50O3/c1-16(2)17(3)25(30)26(31)18(4)22-9-10-23-21-8-7-19-15-20(29)11-13-27(19,5)24(21)12-14-28(22,23)6/h16-26,29-31H,7-15H2,1-6H3/t17-,18-,19-,20+,21-,22-,23-,24-,25+,26+,27-,28+/m0/s1. The van der Waals surface area contributed by atoms with Crippen molar-refractivity contribution in [1.29, 1.82) is 0 Å². The van der Waals surface area contributed by atoms with Crippen molar-refractivity contribution in [2.75, 3.05) is 0 Å². The number of hydrogen-bond donors (Lipinski definition) is 3. The van der Waals surface area contributed by atoms with E-state index in [1.165, 1.54) is 44.9 Å². The van der Waals surface area contributed by atoms with Gasteiger partial charge in [-0.2, -0.15) is 0 Å². The smallest absolute Gasteiger partial charge is 0.0830 e. The van der Waals surface area contributed by atoms with E-state index in [1.54, 1.807) is 0 Å². The van der Waals surface area contributed by atoms with Crippen LogP contribution in [0.25, 0.3) is 0 Å². The molecule has 3 nitrogen and oxygen atoms in total. The fraction of sp³-hybridized carbons (Fsp3) is 1.00. The molecule has 0 spiro atoms. The second-order valence-corrected chi connectivity index (χ2v) is 13.3. The number of aliphatic hydroxyl groups is 3. The monoisotopic (exact) mass is 434 g/mol. The summed E-state index contributed by atoms with van der Waals surface area (Å²) in [6.45, 7) is 13.7. The van der Waals surface area contributed by atoms with E-state index in [2.05, 4.69) is 41.5 Å². The van der Waals surface area contributed by atoms with Gasteiger partial charge in [0.25, 0.3) is 0 Å². The minimum absolute atomic E-state index is 0.0682. The Morgan fingerprint density at radius 2 is 1.39 bits per heavy atom. The van der Waals surface area contributed by atoms with Crippen molar-refractivity contribution in [1.82, 2.24) is 0 Å². The van der Waals surface area contributed by atoms with Gasteiger partial charge in [0.2, 0.25) is 0 Å². The minimum atomic E-state index is -0.628. The van der Waals surface area contributed by atoms with Crippen molar-refractivity contribution in [3.05, 3.63) is 0 Å². The molecule has 0 aromatic carbocycles. The van der Waals surface area contributed by atoms with Crippen LogP contribution in [-0.4, -0.2) is 33.6 Å². The highest BCUT2D eigenvalue weighted by molar-refractivity contribution is 5.10. The van der Waals surface area contributed by atoms with Crippen LogP contribution in [0.15, 0.2) is 0 Å². The van der Waals surface area contributed by atoms with Crippen molar-refractivity contribution in [3.63, 3.8) is 0 Å². The molecular weight excluding hydrogens is 384 g/mol. The summed E-state index contributed by atoms with van der Waals surface area (Å²) in [5.74, 6) is 4.30. The minimum Gasteiger partial charge on any atom is -0.393 e. The Morgan fingerprint density at radius 3 is 2.06 bits per heavy atom. The quantitative estimate of drug-likeness (QED) is 0.523. The normalized spacial score (nSPS) is 49.0. The van der Waals surface area contributed by atoms with Crippen LogP contribution in [-0.2, 0) is 0 Å². The molecule has 12 atom stereocenters. The zero-order chi connectivity index (χ0) is 22.7. The lowest BCUT2D eigenvalue weighted by Crippen LogP contribution is -2.54. The maximum absolute atomic E-state index is 11.1. The van der Waals surface area contributed by atoms with Gasteiger partial charge in [-0.25, -0.2) is 0 Å². The van der Waals surface area contributed by atoms with Crippen LogP contribution in [0.2, 0.25) is 0 Å². The predicted molar refractivity (Wildman–Crippen MR) is 126 cm³/mol. The summed E-state index contributed by atoms with van der Waals surface area (Å²) in [6.07, 6.45) is 9.68. The first-order valence-corrected chi connectivity index (χ1v) is 13.5. The van der Waals surface area contributed by atoms with E-state index in [9.17, 15) is 15.3 Å². The first-order valence-electron chi connectivity index (χ1n) is 13.5. The van der Waals surface area contributed by atoms with Gasteiger partial charge in [-0.15, -0.1) is 0 Å². The van der Waals surface area contributed by atoms with Gasteiger partial charge >= 0.3 is 0 Å². The Bertz CT molecular complexity index is 634. The van der Waals surface area contributed by atoms with E-state index in [0.29, 0.717) is 28.6 Å². The zero-order valence-electron chi connectivity index (χ0n) is 21.1. The number of rotatable bonds is 5. The average Bonchev–Trinajstić information content (AvgIpc) is 3.09. The lowest BCUT2D eigenvalue weighted by atomic mass is 9.44. The van der Waals surface area contributed by atoms with E-state index >= 15 is 0 Å². The molecule has 3 N–H and O–H groups in total. The molecule has 0 bridgehead atoms. The van der Waals surface area contributed by atoms with Crippen LogP contribution in [0.3, 0.4) is 0 Å². The number of fused-ring (bicyclic) bond motifs is 5. The van der Waals surface area contributed by atoms with E-state index in [-0.39, 0.29) is 17.9 Å². The maximum atomic E-state index is 11.1. The second kappa shape index (κ2) is 8.58. The fourth-order valence-electron chi connectivity index (χ4n) is 9.39. The Morgan fingerprint density at radius 1 is 0.742 bits per heavy atom. The SMILES string of the molecule is CC(C)[C@H](C)[C@@H](O)[C@H](O)[C@@H](C)[C@@H]1CC[C@H]2[C@@H]3CC[C@H]4C[C@H](O)CC[C@]4(C)[C@H]3CC[C@]12C. The van der Waals surface area contributed by atoms with Gasteiger partial charge < -0.3 is 15.3 Å². The second-order valence-electron chi connectivity index (χ2n) is 13.3. The lowest BCUT2D eigenvalue weighted by Gasteiger charge is -2.61. The third-order valence-electron chi connectivity index (χ3n) is 11.8. The lowest BCUT2D eigenvalue weighted by molar-refractivity contribution is -0.136. The summed E-state index contributed by atoms with van der Waals surface area (Å²) in [5, 5.41) is 32.3. The molecule has 4 aliphatic rings. The molecule has 0 aromatic rings. The van der Waals surface area contributed by atoms with E-state index < -0.39 is 12.2 Å². The third-order valence-corrected chi connectivity index (χ3v) is 11.8. The Labute approximate surface area is 191 Å². The number of aliphatic hydroxyl groups excluding tert-OH is 3. The molecule has 0 aliphatic heterocycles. The van der Waals surface area contributed by atoms with Crippen LogP contribution in [0, 0.1) is 58.2 Å². The molecule has 4 saturated carbocycles. The van der Waals surface area contributed by atoms with Crippen LogP contribution >= 0.6 is 0 Å². The predicted octanol–water partition coefficient (Wildman–Crippen LogP) is 5.66. The summed E-state index contributed by atoms with van der Waals surface area (Å²) in [6, 6.07) is 0. The van der Waals surface area contributed by atoms with E-state index in [1.807, 2.05) is 0 Å². The molecule has 4 rings (SSSR count). The van der Waals surface area contributed by atoms with Gasteiger partial charge in [0.15, 0.2) is 0 Å². The molecule has 4 fully saturated rings. The maximum Gasteiger partial charge on any atom is 0.0830 e. The Kier molecular flexibility index (Phi) is 6.65. The van der Waals surface area contributed by atoms with Crippen LogP contribution in [0.5, 0.6) is 0 Å². The van der Waals surface area contributed by atoms with Gasteiger partial charge in [-0.3, -0.25) is 0 Å². The summed E-state index contributed by atoms with van der Waals surface area (Å²) < 4.78 is 0. The first-order chi connectivity index (χ1) is 14.5. The topological polar surface area (TPSA) is 60.7 Å². The van der Waals surface area contributed by atoms with Gasteiger partial charge in [-0.05, 0) is 116 Å². The molecular formula is C28H50O3. The largest absolute Gasteiger partial charge is 0.393 e. The number of hydrogen-bond acceptors (Lipinski definition) is 3. The van der Waals surface area contributed by atoms with Crippen molar-refractivity contribution in [2.24, 2.45) is 58.2 Å². The van der Waals surface area contributed by atoms with E-state index in [0.717, 1.165) is 30.6 Å². The molecule has 3 heteroatoms. The molecule has 0 saturated heterocycles. The van der Waals surface area contributed by atoms with Crippen molar-refractivity contribution >= 4 is 0 Å². The fourth-order valence-corrected chi connectivity index (χ4v) is 9.39. The molecule has 4 aliphatic carbocycles. The van der Waals surface area contributed by atoms with Gasteiger partial charge in [-0.1, -0.05) is 41.5 Å². The molecule has 0 radical (unpaired) electrons. The van der Waals surface area contributed by atoms with Crippen LogP contribution < -0.4 is 0 Å². The average molecular weight is 435 g/mol. The van der Waals surface area contributed by atoms with Crippen molar-refractivity contribution in [2.45, 2.75) is 118 Å². The van der Waals surface area contributed by atoms with Gasteiger partial charge in [0.1, 0.15) is 0 Å². The molecule has 0 unspecified atom stereocenters. The molecule has 31 heavy (non-hydrogen) atoms. The van der Waals surface area contributed by atoms with Crippen LogP contribution in [0.4, 0.5) is 0 Å². The molecule has 0 aromatic heterocycles. The van der Waals surface area contributed by atoms with Gasteiger partial charge in [0.05, 0.1) is 18.3 Å². The summed E-state index contributed by atoms with van der Waals surface area (Å²) >= 11 is 0.